The Balaban J connectivity index is 1.79. The molecule has 1 atom stereocenters. The van der Waals surface area contributed by atoms with Crippen molar-refractivity contribution in [3.05, 3.63) is 46.8 Å². The average molecular weight is 462 g/mol. The summed E-state index contributed by atoms with van der Waals surface area (Å²) in [5.74, 6) is -0.695. The van der Waals surface area contributed by atoms with E-state index in [1.807, 2.05) is 0 Å². The Morgan fingerprint density at radius 2 is 1.88 bits per heavy atom. The lowest BCUT2D eigenvalue weighted by Gasteiger charge is -2.26. The Bertz CT molecular complexity index is 1100. The van der Waals surface area contributed by atoms with Gasteiger partial charge in [0.2, 0.25) is 15.8 Å². The number of ketones is 1. The zero-order chi connectivity index (χ0) is 23.5. The van der Waals surface area contributed by atoms with Crippen molar-refractivity contribution >= 4 is 27.5 Å². The van der Waals surface area contributed by atoms with Crippen LogP contribution in [0.2, 0.25) is 0 Å². The molecule has 1 aliphatic rings. The molecular formula is C23H31N3O5S. The maximum atomic E-state index is 13.1. The lowest BCUT2D eigenvalue weighted by molar-refractivity contribution is 0.0525. The van der Waals surface area contributed by atoms with Crippen molar-refractivity contribution in [3.63, 3.8) is 0 Å². The number of nitrogens with one attached hydrogen (secondary N) is 2. The number of ether oxygens (including phenoxy) is 1. The molecule has 1 unspecified atom stereocenters. The fourth-order valence-corrected chi connectivity index (χ4v) is 5.60. The van der Waals surface area contributed by atoms with Gasteiger partial charge in [-0.1, -0.05) is 12.5 Å². The number of rotatable bonds is 8. The van der Waals surface area contributed by atoms with Crippen molar-refractivity contribution in [2.75, 3.05) is 25.0 Å². The van der Waals surface area contributed by atoms with Crippen LogP contribution in [0.5, 0.6) is 0 Å². The summed E-state index contributed by atoms with van der Waals surface area (Å²) in [7, 11) is -3.57. The number of H-pyrrole nitrogens is 1. The molecule has 1 fully saturated rings. The molecule has 1 aromatic heterocycles. The van der Waals surface area contributed by atoms with Gasteiger partial charge in [-0.05, 0) is 64.3 Å². The quantitative estimate of drug-likeness (QED) is 0.459. The van der Waals surface area contributed by atoms with Crippen LogP contribution in [0.25, 0.3) is 0 Å². The number of aromatic amines is 1. The van der Waals surface area contributed by atoms with E-state index in [0.29, 0.717) is 41.3 Å². The van der Waals surface area contributed by atoms with Crippen molar-refractivity contribution in [2.24, 2.45) is 0 Å². The van der Waals surface area contributed by atoms with E-state index < -0.39 is 22.0 Å². The Morgan fingerprint density at radius 1 is 1.19 bits per heavy atom. The molecule has 32 heavy (non-hydrogen) atoms. The normalized spacial score (nSPS) is 15.9. The number of Topliss-reactive ketones (excluding diaryl/α,β-unsaturated/α-hetero) is 1. The van der Waals surface area contributed by atoms with Gasteiger partial charge in [-0.3, -0.25) is 4.79 Å². The van der Waals surface area contributed by atoms with Crippen LogP contribution in [0.15, 0.2) is 29.2 Å². The van der Waals surface area contributed by atoms with Crippen molar-refractivity contribution in [3.8, 4) is 0 Å². The third-order valence-electron chi connectivity index (χ3n) is 5.73. The highest BCUT2D eigenvalue weighted by molar-refractivity contribution is 7.89. The highest BCUT2D eigenvalue weighted by atomic mass is 32.2. The number of nitrogens with zero attached hydrogens (tertiary/aromatic N) is 1. The number of anilines is 1. The lowest BCUT2D eigenvalue weighted by atomic mass is 10.0. The Hall–Kier alpha value is -2.65. The molecule has 0 aliphatic carbocycles. The molecule has 2 heterocycles. The summed E-state index contributed by atoms with van der Waals surface area (Å²) in [6.45, 7) is 8.18. The predicted molar refractivity (Wildman–Crippen MR) is 123 cm³/mol. The summed E-state index contributed by atoms with van der Waals surface area (Å²) in [5.41, 5.74) is 2.36. The summed E-state index contributed by atoms with van der Waals surface area (Å²) >= 11 is 0. The van der Waals surface area contributed by atoms with Crippen molar-refractivity contribution in [2.45, 2.75) is 57.9 Å². The maximum Gasteiger partial charge on any atom is 0.340 e. The molecule has 2 N–H and O–H groups in total. The average Bonchev–Trinajstić information content (AvgIpc) is 3.08. The molecule has 0 bridgehead atoms. The van der Waals surface area contributed by atoms with Crippen LogP contribution in [-0.2, 0) is 14.8 Å². The largest absolute Gasteiger partial charge is 0.462 e. The smallest absolute Gasteiger partial charge is 0.340 e. The first-order valence-corrected chi connectivity index (χ1v) is 12.4. The molecule has 2 aromatic rings. The van der Waals surface area contributed by atoms with Crippen molar-refractivity contribution in [1.82, 2.24) is 9.29 Å². The number of aryl methyl sites for hydroxylation is 1. The van der Waals surface area contributed by atoms with E-state index in [4.69, 9.17) is 4.74 Å². The number of hydrogen-bond donors (Lipinski definition) is 2. The van der Waals surface area contributed by atoms with Crippen molar-refractivity contribution in [1.29, 1.82) is 0 Å². The summed E-state index contributed by atoms with van der Waals surface area (Å²) in [6.07, 6.45) is 2.78. The second-order valence-electron chi connectivity index (χ2n) is 8.07. The monoisotopic (exact) mass is 461 g/mol. The maximum absolute atomic E-state index is 13.1. The van der Waals surface area contributed by atoms with E-state index in [9.17, 15) is 18.0 Å². The van der Waals surface area contributed by atoms with Crippen LogP contribution in [0, 0.1) is 13.8 Å². The second kappa shape index (κ2) is 9.87. The number of piperidine rings is 1. The Kier molecular flexibility index (Phi) is 7.40. The third-order valence-corrected chi connectivity index (χ3v) is 7.62. The molecule has 0 radical (unpaired) electrons. The van der Waals surface area contributed by atoms with Gasteiger partial charge in [0.05, 0.1) is 28.8 Å². The van der Waals surface area contributed by atoms with Gasteiger partial charge in [0.25, 0.3) is 0 Å². The number of hydrogen-bond acceptors (Lipinski definition) is 6. The molecule has 174 valence electrons. The number of sulfonamides is 1. The fourth-order valence-electron chi connectivity index (χ4n) is 4.04. The standard InChI is InChI=1S/C23H31N3O5S/c1-5-31-23(28)20-15(2)21(25-16(20)3)22(27)17(4)24-18-10-9-11-19(14-18)32(29,30)26-12-7-6-8-13-26/h9-11,14,17,24-25H,5-8,12-13H2,1-4H3. The van der Waals surface area contributed by atoms with E-state index in [2.05, 4.69) is 10.3 Å². The van der Waals surface area contributed by atoms with Crippen LogP contribution in [0.3, 0.4) is 0 Å². The van der Waals surface area contributed by atoms with E-state index in [1.54, 1.807) is 52.0 Å². The lowest BCUT2D eigenvalue weighted by Crippen LogP contribution is -2.35. The van der Waals surface area contributed by atoms with E-state index >= 15 is 0 Å². The molecule has 8 nitrogen and oxygen atoms in total. The molecule has 3 rings (SSSR count). The molecular weight excluding hydrogens is 430 g/mol. The number of carbonyl (C=O) groups is 2. The first-order valence-electron chi connectivity index (χ1n) is 10.9. The Labute approximate surface area is 189 Å². The van der Waals surface area contributed by atoms with Gasteiger partial charge in [0.1, 0.15) is 0 Å². The van der Waals surface area contributed by atoms with Gasteiger partial charge >= 0.3 is 5.97 Å². The SMILES string of the molecule is CCOC(=O)c1c(C)[nH]c(C(=O)C(C)Nc2cccc(S(=O)(=O)N3CCCCC3)c2)c1C. The van der Waals surface area contributed by atoms with E-state index in [-0.39, 0.29) is 17.3 Å². The van der Waals surface area contributed by atoms with Crippen LogP contribution in [0.1, 0.15) is 65.2 Å². The van der Waals surface area contributed by atoms with Gasteiger partial charge in [0.15, 0.2) is 0 Å². The van der Waals surface area contributed by atoms with Gasteiger partial charge in [-0.15, -0.1) is 0 Å². The predicted octanol–water partition coefficient (Wildman–Crippen LogP) is 3.67. The topological polar surface area (TPSA) is 109 Å². The van der Waals surface area contributed by atoms with Crippen LogP contribution >= 0.6 is 0 Å². The first kappa shape index (κ1) is 24.0. The zero-order valence-electron chi connectivity index (χ0n) is 19.0. The second-order valence-corrected chi connectivity index (χ2v) is 10.0. The highest BCUT2D eigenvalue weighted by Crippen LogP contribution is 2.25. The van der Waals surface area contributed by atoms with Crippen molar-refractivity contribution < 1.29 is 22.7 Å². The fraction of sp³-hybridized carbons (Fsp3) is 0.478. The third kappa shape index (κ3) is 4.88. The Morgan fingerprint density at radius 3 is 2.53 bits per heavy atom. The zero-order valence-corrected chi connectivity index (χ0v) is 19.8. The number of esters is 1. The number of benzene rings is 1. The molecule has 0 spiro atoms. The molecule has 1 saturated heterocycles. The summed E-state index contributed by atoms with van der Waals surface area (Å²) in [4.78, 5) is 28.5. The number of aromatic nitrogens is 1. The van der Waals surface area contributed by atoms with Crippen LogP contribution in [-0.4, -0.2) is 55.2 Å². The minimum Gasteiger partial charge on any atom is -0.462 e. The minimum absolute atomic E-state index is 0.209. The number of carbonyl (C=O) groups excluding carboxylic acids is 2. The highest BCUT2D eigenvalue weighted by Gasteiger charge is 2.28. The minimum atomic E-state index is -3.57. The molecule has 0 saturated carbocycles. The van der Waals surface area contributed by atoms with Gasteiger partial charge in [-0.2, -0.15) is 4.31 Å². The summed E-state index contributed by atoms with van der Waals surface area (Å²) in [6, 6.07) is 5.89. The molecule has 0 amide bonds. The summed E-state index contributed by atoms with van der Waals surface area (Å²) < 4.78 is 32.5. The molecule has 1 aromatic carbocycles. The van der Waals surface area contributed by atoms with Gasteiger partial charge in [0, 0.05) is 24.5 Å². The van der Waals surface area contributed by atoms with Crippen LogP contribution < -0.4 is 5.32 Å². The van der Waals surface area contributed by atoms with E-state index in [1.165, 1.54) is 4.31 Å². The van der Waals surface area contributed by atoms with Crippen LogP contribution in [0.4, 0.5) is 5.69 Å². The van der Waals surface area contributed by atoms with Gasteiger partial charge < -0.3 is 15.0 Å². The molecule has 1 aliphatic heterocycles. The van der Waals surface area contributed by atoms with E-state index in [0.717, 1.165) is 19.3 Å². The first-order chi connectivity index (χ1) is 15.2. The molecule has 9 heteroatoms. The van der Waals surface area contributed by atoms with Gasteiger partial charge in [-0.25, -0.2) is 13.2 Å². The summed E-state index contributed by atoms with van der Waals surface area (Å²) in [5, 5.41) is 3.10.